The zero-order chi connectivity index (χ0) is 10.4. The van der Waals surface area contributed by atoms with Crippen molar-refractivity contribution in [1.82, 2.24) is 5.32 Å². The summed E-state index contributed by atoms with van der Waals surface area (Å²) in [4.78, 5) is 13.3. The van der Waals surface area contributed by atoms with Gasteiger partial charge in [0.15, 0.2) is 0 Å². The molecule has 0 saturated carbocycles. The molecule has 0 fully saturated rings. The fourth-order valence-corrected chi connectivity index (χ4v) is 1.16. The molecule has 1 N–H and O–H groups in total. The molecule has 0 aromatic heterocycles. The third-order valence-corrected chi connectivity index (χ3v) is 1.93. The van der Waals surface area contributed by atoms with E-state index < -0.39 is 0 Å². The number of nitrogens with one attached hydrogen (secondary N) is 1. The first-order valence-corrected chi connectivity index (χ1v) is 4.96. The van der Waals surface area contributed by atoms with Crippen molar-refractivity contribution in [3.05, 3.63) is 35.4 Å². The summed E-state index contributed by atoms with van der Waals surface area (Å²) >= 11 is 2.86. The standard InChI is InChI=1S/C11H10BrNO/c1-9-2-4-10(5-3-9)8-13-11(14)6-7-12/h2-5H,8H2,1H3,(H,13,14). The van der Waals surface area contributed by atoms with Crippen LogP contribution in [0.25, 0.3) is 0 Å². The van der Waals surface area contributed by atoms with Crippen molar-refractivity contribution in [3.8, 4) is 10.8 Å². The molecule has 0 atom stereocenters. The summed E-state index contributed by atoms with van der Waals surface area (Å²) in [6, 6.07) is 7.99. The molecule has 2 nitrogen and oxygen atoms in total. The highest BCUT2D eigenvalue weighted by Gasteiger charge is 1.95. The van der Waals surface area contributed by atoms with Crippen LogP contribution in [0.15, 0.2) is 24.3 Å². The van der Waals surface area contributed by atoms with Gasteiger partial charge in [-0.1, -0.05) is 29.8 Å². The maximum Gasteiger partial charge on any atom is 0.297 e. The van der Waals surface area contributed by atoms with E-state index in [0.29, 0.717) is 6.54 Å². The molecule has 1 amide bonds. The van der Waals surface area contributed by atoms with Crippen molar-refractivity contribution in [3.63, 3.8) is 0 Å². The average Bonchev–Trinajstić information content (AvgIpc) is 2.17. The predicted molar refractivity (Wildman–Crippen MR) is 59.7 cm³/mol. The van der Waals surface area contributed by atoms with Crippen molar-refractivity contribution < 1.29 is 4.79 Å². The minimum absolute atomic E-state index is 0.276. The fraction of sp³-hybridized carbons (Fsp3) is 0.182. The van der Waals surface area contributed by atoms with E-state index in [1.54, 1.807) is 0 Å². The molecule has 0 spiro atoms. The third-order valence-electron chi connectivity index (χ3n) is 1.73. The summed E-state index contributed by atoms with van der Waals surface area (Å²) < 4.78 is 0. The van der Waals surface area contributed by atoms with Crippen LogP contribution in [-0.2, 0) is 11.3 Å². The molecular formula is C11H10BrNO. The molecule has 0 aliphatic carbocycles. The van der Waals surface area contributed by atoms with Crippen LogP contribution < -0.4 is 5.32 Å². The second-order valence-corrected chi connectivity index (χ2v) is 3.28. The predicted octanol–water partition coefficient (Wildman–Crippen LogP) is 1.97. The van der Waals surface area contributed by atoms with Gasteiger partial charge in [-0.2, -0.15) is 0 Å². The number of aryl methyl sites for hydroxylation is 1. The highest BCUT2D eigenvalue weighted by molar-refractivity contribution is 9.12. The second-order valence-electron chi connectivity index (χ2n) is 2.89. The van der Waals surface area contributed by atoms with Gasteiger partial charge in [-0.25, -0.2) is 0 Å². The number of amides is 1. The van der Waals surface area contributed by atoms with Gasteiger partial charge >= 0.3 is 0 Å². The number of carbonyl (C=O) groups is 1. The quantitative estimate of drug-likeness (QED) is 0.801. The molecular weight excluding hydrogens is 242 g/mol. The lowest BCUT2D eigenvalue weighted by molar-refractivity contribution is -0.115. The Bertz CT molecular complexity index is 373. The summed E-state index contributed by atoms with van der Waals surface area (Å²) in [5.41, 5.74) is 2.28. The van der Waals surface area contributed by atoms with Gasteiger partial charge in [0.05, 0.1) is 0 Å². The first-order valence-electron chi connectivity index (χ1n) is 4.17. The Kier molecular flexibility index (Phi) is 4.21. The lowest BCUT2D eigenvalue weighted by atomic mass is 10.1. The van der Waals surface area contributed by atoms with Crippen LogP contribution in [0.2, 0.25) is 0 Å². The summed E-state index contributed by atoms with van der Waals surface area (Å²) in [7, 11) is 0. The van der Waals surface area contributed by atoms with Crippen LogP contribution in [0, 0.1) is 17.7 Å². The molecule has 0 aliphatic rings. The molecule has 0 heterocycles. The van der Waals surface area contributed by atoms with E-state index in [4.69, 9.17) is 0 Å². The topological polar surface area (TPSA) is 29.1 Å². The third kappa shape index (κ3) is 3.63. The average molecular weight is 252 g/mol. The Labute approximate surface area is 91.8 Å². The van der Waals surface area contributed by atoms with Gasteiger partial charge in [0.25, 0.3) is 5.91 Å². The fourth-order valence-electron chi connectivity index (χ4n) is 0.975. The van der Waals surface area contributed by atoms with Gasteiger partial charge in [0.1, 0.15) is 0 Å². The van der Waals surface area contributed by atoms with Gasteiger partial charge in [0.2, 0.25) is 0 Å². The molecule has 0 bridgehead atoms. The molecule has 3 heteroatoms. The van der Waals surface area contributed by atoms with Gasteiger partial charge in [0, 0.05) is 28.4 Å². The molecule has 0 radical (unpaired) electrons. The lowest BCUT2D eigenvalue weighted by Gasteiger charge is -2.01. The summed E-state index contributed by atoms with van der Waals surface area (Å²) in [6.07, 6.45) is 0. The van der Waals surface area contributed by atoms with Crippen LogP contribution in [0.3, 0.4) is 0 Å². The maximum atomic E-state index is 11.0. The van der Waals surface area contributed by atoms with Crippen molar-refractivity contribution >= 4 is 21.8 Å². The van der Waals surface area contributed by atoms with Gasteiger partial charge in [-0.3, -0.25) is 4.79 Å². The lowest BCUT2D eigenvalue weighted by Crippen LogP contribution is -2.20. The zero-order valence-corrected chi connectivity index (χ0v) is 9.39. The second kappa shape index (κ2) is 5.46. The minimum Gasteiger partial charge on any atom is -0.341 e. The first-order chi connectivity index (χ1) is 6.72. The monoisotopic (exact) mass is 251 g/mol. The molecule has 14 heavy (non-hydrogen) atoms. The van der Waals surface area contributed by atoms with Gasteiger partial charge in [-0.15, -0.1) is 0 Å². The molecule has 72 valence electrons. The Morgan fingerprint density at radius 1 is 1.43 bits per heavy atom. The minimum atomic E-state index is -0.276. The zero-order valence-electron chi connectivity index (χ0n) is 7.80. The SMILES string of the molecule is Cc1ccc(CNC(=O)C#CBr)cc1. The highest BCUT2D eigenvalue weighted by Crippen LogP contribution is 2.01. The van der Waals surface area contributed by atoms with E-state index in [1.165, 1.54) is 5.56 Å². The van der Waals surface area contributed by atoms with Crippen LogP contribution in [0.5, 0.6) is 0 Å². The summed E-state index contributed by atoms with van der Waals surface area (Å²) in [5, 5.41) is 2.68. The van der Waals surface area contributed by atoms with E-state index in [-0.39, 0.29) is 5.91 Å². The van der Waals surface area contributed by atoms with Crippen molar-refractivity contribution in [2.24, 2.45) is 0 Å². The summed E-state index contributed by atoms with van der Waals surface area (Å²) in [5.74, 6) is 2.07. The van der Waals surface area contributed by atoms with E-state index >= 15 is 0 Å². The molecule has 0 aliphatic heterocycles. The smallest absolute Gasteiger partial charge is 0.297 e. The number of rotatable bonds is 2. The van der Waals surface area contributed by atoms with E-state index in [1.807, 2.05) is 31.2 Å². The largest absolute Gasteiger partial charge is 0.341 e. The molecule has 0 saturated heterocycles. The Morgan fingerprint density at radius 3 is 2.64 bits per heavy atom. The van der Waals surface area contributed by atoms with Gasteiger partial charge in [-0.05, 0) is 17.3 Å². The summed E-state index contributed by atoms with van der Waals surface area (Å²) in [6.45, 7) is 2.54. The first kappa shape index (κ1) is 10.8. The number of hydrogen-bond acceptors (Lipinski definition) is 1. The van der Waals surface area contributed by atoms with E-state index in [9.17, 15) is 4.79 Å². The molecule has 0 unspecified atom stereocenters. The maximum absolute atomic E-state index is 11.0. The van der Waals surface area contributed by atoms with Crippen LogP contribution >= 0.6 is 15.9 Å². The van der Waals surface area contributed by atoms with Crippen molar-refractivity contribution in [2.75, 3.05) is 0 Å². The Morgan fingerprint density at radius 2 is 2.07 bits per heavy atom. The van der Waals surface area contributed by atoms with Crippen molar-refractivity contribution in [2.45, 2.75) is 13.5 Å². The number of benzene rings is 1. The number of carbonyl (C=O) groups excluding carboxylic acids is 1. The molecule has 1 aromatic rings. The number of hydrogen-bond donors (Lipinski definition) is 1. The molecule has 1 rings (SSSR count). The van der Waals surface area contributed by atoms with E-state index in [2.05, 4.69) is 32.0 Å². The normalized spacial score (nSPS) is 8.71. The van der Waals surface area contributed by atoms with Crippen LogP contribution in [0.4, 0.5) is 0 Å². The van der Waals surface area contributed by atoms with Crippen molar-refractivity contribution in [1.29, 1.82) is 0 Å². The number of halogens is 1. The van der Waals surface area contributed by atoms with Crippen LogP contribution in [-0.4, -0.2) is 5.91 Å². The Balaban J connectivity index is 2.48. The Hall–Kier alpha value is -1.27. The van der Waals surface area contributed by atoms with E-state index in [0.717, 1.165) is 5.56 Å². The molecule has 1 aromatic carbocycles. The van der Waals surface area contributed by atoms with Crippen LogP contribution in [0.1, 0.15) is 11.1 Å². The highest BCUT2D eigenvalue weighted by atomic mass is 79.9. The van der Waals surface area contributed by atoms with Gasteiger partial charge < -0.3 is 5.32 Å².